The quantitative estimate of drug-likeness (QED) is 0.194. The predicted octanol–water partition coefficient (Wildman–Crippen LogP) is -0.0576. The Morgan fingerprint density at radius 1 is 0.341 bits per heavy atom. The van der Waals surface area contributed by atoms with Gasteiger partial charge in [0.1, 0.15) is 44.3 Å². The number of tetrazole rings is 4. The van der Waals surface area contributed by atoms with Crippen LogP contribution in [0.1, 0.15) is 158 Å². The van der Waals surface area contributed by atoms with Gasteiger partial charge in [-0.2, -0.15) is 0 Å². The topological polar surface area (TPSA) is 409 Å². The summed E-state index contributed by atoms with van der Waals surface area (Å²) >= 11 is 0. The van der Waals surface area contributed by atoms with Crippen LogP contribution in [-0.2, 0) is 82.4 Å². The van der Waals surface area contributed by atoms with Gasteiger partial charge in [-0.05, 0) is 176 Å². The summed E-state index contributed by atoms with van der Waals surface area (Å²) in [5.74, 6) is 2.16. The van der Waals surface area contributed by atoms with E-state index in [0.29, 0.717) is 153 Å². The van der Waals surface area contributed by atoms with Gasteiger partial charge in [0, 0.05) is 52.4 Å². The molecule has 0 radical (unpaired) electrons. The van der Waals surface area contributed by atoms with Gasteiger partial charge in [0.05, 0.1) is 26.4 Å². The average molecular weight is 1230 g/mol. The standard InChI is InChI=1S/4C13H20N6O3/c4*1-4-22-11(21)18-7-5-13(6-8-18)9-15-16-17-19(9)12(2,3)10(20)14-13/h4*4-8H2,1-3H3,(H,14,20). The van der Waals surface area contributed by atoms with Gasteiger partial charge in [-0.15, -0.1) is 20.4 Å². The zero-order chi connectivity index (χ0) is 63.8. The molecule has 12 rings (SSSR count). The number of fused-ring (bicyclic) bond motifs is 8. The Kier molecular flexibility index (Phi) is 17.4. The minimum atomic E-state index is -0.817. The number of amides is 8. The highest BCUT2D eigenvalue weighted by atomic mass is 16.6. The number of carbonyl (C=O) groups excluding carboxylic acids is 8. The van der Waals surface area contributed by atoms with Crippen LogP contribution in [0.5, 0.6) is 0 Å². The minimum absolute atomic E-state index is 0.114. The number of aromatic nitrogens is 16. The summed E-state index contributed by atoms with van der Waals surface area (Å²) in [5, 5.41) is 59.6. The van der Waals surface area contributed by atoms with Crippen LogP contribution in [-0.4, -0.2) is 227 Å². The number of hydrogen-bond donors (Lipinski definition) is 4. The number of rotatable bonds is 4. The molecule has 8 aliphatic rings. The van der Waals surface area contributed by atoms with Gasteiger partial charge in [0.25, 0.3) is 0 Å². The molecule has 4 N–H and O–H groups in total. The molecular weight excluding hydrogens is 1150 g/mol. The molecule has 4 aromatic rings. The number of ether oxygens (including phenoxy) is 4. The van der Waals surface area contributed by atoms with E-state index in [1.807, 2.05) is 0 Å². The number of hydrogen-bond acceptors (Lipinski definition) is 24. The minimum Gasteiger partial charge on any atom is -0.450 e. The van der Waals surface area contributed by atoms with E-state index in [-0.39, 0.29) is 48.0 Å². The lowest BCUT2D eigenvalue weighted by Gasteiger charge is -2.46. The molecule has 4 saturated heterocycles. The van der Waals surface area contributed by atoms with Crippen molar-refractivity contribution < 1.29 is 57.3 Å². The molecule has 0 unspecified atom stereocenters. The van der Waals surface area contributed by atoms with Gasteiger partial charge >= 0.3 is 24.4 Å². The highest BCUT2D eigenvalue weighted by molar-refractivity contribution is 5.87. The largest absolute Gasteiger partial charge is 0.450 e. The maximum Gasteiger partial charge on any atom is 0.409 e. The first-order valence-electron chi connectivity index (χ1n) is 29.8. The molecule has 88 heavy (non-hydrogen) atoms. The molecule has 4 fully saturated rings. The molecule has 0 saturated carbocycles. The molecule has 0 aromatic carbocycles. The zero-order valence-electron chi connectivity index (χ0n) is 52.0. The molecule has 0 aliphatic carbocycles. The molecular formula is C52H80N24O12. The average Bonchev–Trinajstić information content (AvgIpc) is 1.45. The fraction of sp³-hybridized carbons (Fsp3) is 0.769. The molecule has 36 heteroatoms. The summed E-state index contributed by atoms with van der Waals surface area (Å²) in [7, 11) is 0. The van der Waals surface area contributed by atoms with Gasteiger partial charge in [-0.3, -0.25) is 19.2 Å². The van der Waals surface area contributed by atoms with Crippen molar-refractivity contribution in [3.05, 3.63) is 23.3 Å². The first kappa shape index (κ1) is 63.7. The summed E-state index contributed by atoms with van der Waals surface area (Å²) in [6.07, 6.45) is 3.23. The summed E-state index contributed by atoms with van der Waals surface area (Å²) in [4.78, 5) is 104. The van der Waals surface area contributed by atoms with E-state index < -0.39 is 44.3 Å². The smallest absolute Gasteiger partial charge is 0.409 e. The second-order valence-electron chi connectivity index (χ2n) is 24.8. The van der Waals surface area contributed by atoms with Crippen molar-refractivity contribution in [2.45, 2.75) is 179 Å². The molecule has 8 aliphatic heterocycles. The molecule has 36 nitrogen and oxygen atoms in total. The van der Waals surface area contributed by atoms with Gasteiger partial charge in [-0.25, -0.2) is 37.9 Å². The highest BCUT2D eigenvalue weighted by Crippen LogP contribution is 2.42. The van der Waals surface area contributed by atoms with Crippen LogP contribution < -0.4 is 21.3 Å². The van der Waals surface area contributed by atoms with Gasteiger partial charge in [0.2, 0.25) is 23.6 Å². The lowest BCUT2D eigenvalue weighted by atomic mass is 9.82. The van der Waals surface area contributed by atoms with E-state index in [0.717, 1.165) is 0 Å². The summed E-state index contributed by atoms with van der Waals surface area (Å²) < 4.78 is 26.4. The van der Waals surface area contributed by atoms with Crippen LogP contribution in [0.25, 0.3) is 0 Å². The van der Waals surface area contributed by atoms with Crippen LogP contribution in [0, 0.1) is 0 Å². The van der Waals surface area contributed by atoms with E-state index in [1.165, 1.54) is 0 Å². The maximum absolute atomic E-state index is 12.4. The van der Waals surface area contributed by atoms with Gasteiger partial charge < -0.3 is 59.8 Å². The second kappa shape index (κ2) is 24.1. The lowest BCUT2D eigenvalue weighted by molar-refractivity contribution is -0.135. The Morgan fingerprint density at radius 3 is 0.670 bits per heavy atom. The summed E-state index contributed by atoms with van der Waals surface area (Å²) in [6, 6.07) is 0. The number of carbonyl (C=O) groups is 8. The highest BCUT2D eigenvalue weighted by Gasteiger charge is 2.56. The first-order valence-corrected chi connectivity index (χ1v) is 29.8. The molecule has 480 valence electrons. The summed E-state index contributed by atoms with van der Waals surface area (Å²) in [6.45, 7) is 26.7. The number of piperidine rings is 4. The molecule has 4 aromatic heterocycles. The van der Waals surface area contributed by atoms with Crippen LogP contribution >= 0.6 is 0 Å². The Bertz CT molecular complexity index is 2840. The number of nitrogens with one attached hydrogen (secondary N) is 4. The van der Waals surface area contributed by atoms with E-state index in [1.54, 1.807) is 121 Å². The van der Waals surface area contributed by atoms with E-state index in [2.05, 4.69) is 83.4 Å². The van der Waals surface area contributed by atoms with E-state index >= 15 is 0 Å². The third kappa shape index (κ3) is 11.3. The molecule has 4 spiro atoms. The SMILES string of the molecule is CCOC(=O)N1CCC2(CC1)NC(=O)C(C)(C)n1nnnc12.CCOC(=O)N1CCC2(CC1)NC(=O)C(C)(C)n1nnnc12.CCOC(=O)N1CCC2(CC1)NC(=O)C(C)(C)n1nnnc12.CCOC(=O)N1CCC2(CC1)NC(=O)C(C)(C)n1nnnc12. The van der Waals surface area contributed by atoms with E-state index in [4.69, 9.17) is 18.9 Å². The number of nitrogens with zero attached hydrogens (tertiary/aromatic N) is 20. The van der Waals surface area contributed by atoms with Crippen molar-refractivity contribution in [1.29, 1.82) is 0 Å². The molecule has 0 atom stereocenters. The van der Waals surface area contributed by atoms with Crippen molar-refractivity contribution in [1.82, 2.24) is 122 Å². The Labute approximate surface area is 506 Å². The third-order valence-corrected chi connectivity index (χ3v) is 17.9. The van der Waals surface area contributed by atoms with Crippen molar-refractivity contribution in [3.8, 4) is 0 Å². The predicted molar refractivity (Wildman–Crippen MR) is 299 cm³/mol. The van der Waals surface area contributed by atoms with Gasteiger partial charge in [0.15, 0.2) is 23.3 Å². The number of likely N-dealkylation sites (tertiary alicyclic amines) is 4. The van der Waals surface area contributed by atoms with E-state index in [9.17, 15) is 38.4 Å². The van der Waals surface area contributed by atoms with Crippen molar-refractivity contribution in [2.24, 2.45) is 0 Å². The second-order valence-corrected chi connectivity index (χ2v) is 24.8. The monoisotopic (exact) mass is 1230 g/mol. The third-order valence-electron chi connectivity index (χ3n) is 17.9. The Hall–Kier alpha value is -8.76. The molecule has 8 amide bonds. The summed E-state index contributed by atoms with van der Waals surface area (Å²) in [5.41, 5.74) is -5.72. The maximum atomic E-state index is 12.4. The van der Waals surface area contributed by atoms with Crippen LogP contribution in [0.3, 0.4) is 0 Å². The normalized spacial score (nSPS) is 22.1. The van der Waals surface area contributed by atoms with Crippen molar-refractivity contribution >= 4 is 48.0 Å². The van der Waals surface area contributed by atoms with Crippen LogP contribution in [0.15, 0.2) is 0 Å². The van der Waals surface area contributed by atoms with Crippen molar-refractivity contribution in [2.75, 3.05) is 78.8 Å². The Morgan fingerprint density at radius 2 is 0.511 bits per heavy atom. The molecule has 12 heterocycles. The fourth-order valence-electron chi connectivity index (χ4n) is 12.1. The first-order chi connectivity index (χ1) is 41.6. The Balaban J connectivity index is 0.000000140. The van der Waals surface area contributed by atoms with Crippen molar-refractivity contribution in [3.63, 3.8) is 0 Å². The lowest BCUT2D eigenvalue weighted by Crippen LogP contribution is -2.64. The zero-order valence-corrected chi connectivity index (χ0v) is 52.0. The molecule has 0 bridgehead atoms. The van der Waals surface area contributed by atoms with Gasteiger partial charge in [-0.1, -0.05) is 0 Å². The van der Waals surface area contributed by atoms with Crippen LogP contribution in [0.2, 0.25) is 0 Å². The fourth-order valence-corrected chi connectivity index (χ4v) is 12.1. The van der Waals surface area contributed by atoms with Crippen LogP contribution in [0.4, 0.5) is 19.2 Å².